The molecule has 0 aliphatic rings. The van der Waals surface area contributed by atoms with Gasteiger partial charge >= 0.3 is 0 Å². The fraction of sp³-hybridized carbons (Fsp3) is 0.333. The predicted octanol–water partition coefficient (Wildman–Crippen LogP) is 1.20. The maximum atomic E-state index is 3.70. The van der Waals surface area contributed by atoms with E-state index in [-0.39, 0.29) is 0 Å². The molecule has 0 aromatic rings. The molecule has 0 aromatic carbocycles. The lowest BCUT2D eigenvalue weighted by Crippen LogP contribution is -2.15. The van der Waals surface area contributed by atoms with Crippen LogP contribution in [-0.2, 0) is 0 Å². The van der Waals surface area contributed by atoms with E-state index in [1.54, 1.807) is 0 Å². The van der Waals surface area contributed by atoms with E-state index in [1.165, 1.54) is 0 Å². The molecule has 0 bridgehead atoms. The smallest absolute Gasteiger partial charge is 0.0545 e. The molecule has 3 heteroatoms. The summed E-state index contributed by atoms with van der Waals surface area (Å²) >= 11 is 0. The Morgan fingerprint density at radius 1 is 1.11 bits per heavy atom. The Balaban J connectivity index is 3.45. The molecule has 0 nitrogen and oxygen atoms in total. The highest BCUT2D eigenvalue weighted by atomic mass is 31.0. The minimum atomic E-state index is 0.410. The molecule has 4 unspecified atom stereocenters. The van der Waals surface area contributed by atoms with Gasteiger partial charge in [0.2, 0.25) is 0 Å². The summed E-state index contributed by atoms with van der Waals surface area (Å²) in [5, 5.41) is 1.20. The normalized spacial score (nSPS) is 16.2. The van der Waals surface area contributed by atoms with E-state index in [9.17, 15) is 0 Å². The van der Waals surface area contributed by atoms with Gasteiger partial charge in [0.05, 0.1) is 9.52 Å². The zero-order valence-electron chi connectivity index (χ0n) is 5.46. The summed E-state index contributed by atoms with van der Waals surface area (Å²) in [5.41, 5.74) is 0. The van der Waals surface area contributed by atoms with Crippen LogP contribution >= 0.6 is 18.5 Å². The molecule has 0 rings (SSSR count). The summed E-state index contributed by atoms with van der Waals surface area (Å²) in [7, 11) is 5.94. The van der Waals surface area contributed by atoms with Crippen LogP contribution in [0.3, 0.4) is 0 Å². The SMILES string of the molecule is C=CC(P)[SiH]C(P)C=C. The molecule has 0 amide bonds. The Kier molecular flexibility index (Phi) is 5.68. The molecule has 0 saturated heterocycles. The minimum absolute atomic E-state index is 0.410. The second-order valence-corrected chi connectivity index (χ2v) is 6.82. The maximum absolute atomic E-state index is 3.70. The molecule has 0 saturated carbocycles. The van der Waals surface area contributed by atoms with Gasteiger partial charge in [0.1, 0.15) is 0 Å². The van der Waals surface area contributed by atoms with Crippen LogP contribution in [0.25, 0.3) is 0 Å². The summed E-state index contributed by atoms with van der Waals surface area (Å²) < 4.78 is 0. The first-order valence-electron chi connectivity index (χ1n) is 2.82. The second kappa shape index (κ2) is 5.35. The van der Waals surface area contributed by atoms with Crippen LogP contribution < -0.4 is 0 Å². The van der Waals surface area contributed by atoms with Crippen LogP contribution in [0.4, 0.5) is 0 Å². The molecule has 0 aliphatic carbocycles. The lowest BCUT2D eigenvalue weighted by molar-refractivity contribution is 1.51. The van der Waals surface area contributed by atoms with Crippen LogP contribution in [0.5, 0.6) is 0 Å². The van der Waals surface area contributed by atoms with Gasteiger partial charge in [-0.15, -0.1) is 31.6 Å². The van der Waals surface area contributed by atoms with Gasteiger partial charge in [-0.2, -0.15) is 0 Å². The van der Waals surface area contributed by atoms with Crippen LogP contribution in [0.15, 0.2) is 25.3 Å². The average molecular weight is 175 g/mol. The molecular formula is C6H13P2Si. The monoisotopic (exact) mass is 175 g/mol. The van der Waals surface area contributed by atoms with E-state index in [0.29, 0.717) is 20.1 Å². The Bertz CT molecular complexity index is 91.2. The van der Waals surface area contributed by atoms with E-state index in [1.807, 2.05) is 12.2 Å². The molecule has 51 valence electrons. The first kappa shape index (κ1) is 9.56. The first-order chi connectivity index (χ1) is 4.20. The second-order valence-electron chi connectivity index (χ2n) is 1.82. The number of hydrogen-bond acceptors (Lipinski definition) is 0. The zero-order chi connectivity index (χ0) is 7.28. The predicted molar refractivity (Wildman–Crippen MR) is 54.5 cm³/mol. The molecule has 9 heavy (non-hydrogen) atoms. The van der Waals surface area contributed by atoms with Gasteiger partial charge in [0, 0.05) is 0 Å². The van der Waals surface area contributed by atoms with Gasteiger partial charge < -0.3 is 0 Å². The van der Waals surface area contributed by atoms with Gasteiger partial charge in [-0.25, -0.2) is 0 Å². The van der Waals surface area contributed by atoms with Crippen molar-refractivity contribution >= 4 is 28.0 Å². The summed E-state index contributed by atoms with van der Waals surface area (Å²) in [6.45, 7) is 7.41. The van der Waals surface area contributed by atoms with Crippen molar-refractivity contribution in [1.82, 2.24) is 0 Å². The maximum Gasteiger partial charge on any atom is 0.0545 e. The Hall–Kier alpha value is 0.557. The van der Waals surface area contributed by atoms with Crippen molar-refractivity contribution in [2.75, 3.05) is 0 Å². The quantitative estimate of drug-likeness (QED) is 0.342. The molecule has 1 radical (unpaired) electrons. The van der Waals surface area contributed by atoms with Crippen LogP contribution in [0, 0.1) is 0 Å². The topological polar surface area (TPSA) is 0 Å². The third-order valence-corrected chi connectivity index (χ3v) is 4.30. The highest BCUT2D eigenvalue weighted by Gasteiger charge is 2.01. The highest BCUT2D eigenvalue weighted by molar-refractivity contribution is 7.26. The van der Waals surface area contributed by atoms with E-state index in [4.69, 9.17) is 0 Å². The Morgan fingerprint density at radius 2 is 1.44 bits per heavy atom. The van der Waals surface area contributed by atoms with Crippen LogP contribution in [-0.4, -0.2) is 20.1 Å². The van der Waals surface area contributed by atoms with E-state index in [0.717, 1.165) is 0 Å². The van der Waals surface area contributed by atoms with Crippen molar-refractivity contribution in [2.24, 2.45) is 0 Å². The van der Waals surface area contributed by atoms with Gasteiger partial charge in [-0.05, 0) is 10.6 Å². The molecule has 0 heterocycles. The standard InChI is InChI=1S/C6H13P2Si/c1-3-5(7)9-6(8)4-2/h3-6,9H,1-2,7-8H2. The average Bonchev–Trinajstić information content (AvgIpc) is 1.87. The van der Waals surface area contributed by atoms with Gasteiger partial charge in [0.25, 0.3) is 0 Å². The van der Waals surface area contributed by atoms with Crippen molar-refractivity contribution < 1.29 is 0 Å². The fourth-order valence-corrected chi connectivity index (χ4v) is 3.55. The van der Waals surface area contributed by atoms with Crippen molar-refractivity contribution in [3.63, 3.8) is 0 Å². The Labute approximate surface area is 64.4 Å². The van der Waals surface area contributed by atoms with E-state index >= 15 is 0 Å². The lowest BCUT2D eigenvalue weighted by Gasteiger charge is -2.06. The lowest BCUT2D eigenvalue weighted by atomic mass is 10.7. The molecule has 0 aliphatic heterocycles. The first-order valence-corrected chi connectivity index (χ1v) is 5.48. The van der Waals surface area contributed by atoms with Crippen LogP contribution in [0.1, 0.15) is 0 Å². The molecular weight excluding hydrogens is 162 g/mol. The third kappa shape index (κ3) is 5.02. The molecule has 0 N–H and O–H groups in total. The fourth-order valence-electron chi connectivity index (χ4n) is 0.414. The largest absolute Gasteiger partial charge is 0.134 e. The van der Waals surface area contributed by atoms with Gasteiger partial charge in [0.15, 0.2) is 0 Å². The van der Waals surface area contributed by atoms with Gasteiger partial charge in [-0.3, -0.25) is 0 Å². The van der Waals surface area contributed by atoms with E-state index < -0.39 is 0 Å². The van der Waals surface area contributed by atoms with Crippen molar-refractivity contribution in [1.29, 1.82) is 0 Å². The molecule has 0 spiro atoms. The van der Waals surface area contributed by atoms with Gasteiger partial charge in [-0.1, -0.05) is 12.2 Å². The summed E-state index contributed by atoms with van der Waals surface area (Å²) in [5.74, 6) is 0. The molecule has 0 fully saturated rings. The third-order valence-electron chi connectivity index (χ3n) is 0.989. The minimum Gasteiger partial charge on any atom is -0.134 e. The van der Waals surface area contributed by atoms with Crippen molar-refractivity contribution in [3.8, 4) is 0 Å². The summed E-state index contributed by atoms with van der Waals surface area (Å²) in [6.07, 6.45) is 3.95. The summed E-state index contributed by atoms with van der Waals surface area (Å²) in [6, 6.07) is 0. The molecule has 0 aromatic heterocycles. The number of hydrogen-bond donors (Lipinski definition) is 0. The zero-order valence-corrected chi connectivity index (χ0v) is 8.92. The number of rotatable bonds is 4. The number of allylic oxidation sites excluding steroid dienone is 2. The van der Waals surface area contributed by atoms with Crippen LogP contribution in [0.2, 0.25) is 0 Å². The Morgan fingerprint density at radius 3 is 1.67 bits per heavy atom. The molecule has 4 atom stereocenters. The van der Waals surface area contributed by atoms with E-state index in [2.05, 4.69) is 31.6 Å². The van der Waals surface area contributed by atoms with Crippen molar-refractivity contribution in [3.05, 3.63) is 25.3 Å². The summed E-state index contributed by atoms with van der Waals surface area (Å²) in [4.78, 5) is 0. The highest BCUT2D eigenvalue weighted by Crippen LogP contribution is 2.06. The van der Waals surface area contributed by atoms with Crippen molar-refractivity contribution in [2.45, 2.75) is 10.6 Å².